The fourth-order valence-electron chi connectivity index (χ4n) is 3.00. The van der Waals surface area contributed by atoms with Crippen molar-refractivity contribution >= 4 is 33.7 Å². The molecule has 0 bridgehead atoms. The molecule has 0 aromatic heterocycles. The molecule has 1 saturated heterocycles. The first-order valence-corrected chi connectivity index (χ1v) is 10.7. The van der Waals surface area contributed by atoms with E-state index in [4.69, 9.17) is 4.74 Å². The van der Waals surface area contributed by atoms with Gasteiger partial charge in [0.15, 0.2) is 0 Å². The molecule has 0 unspecified atom stereocenters. The zero-order valence-electron chi connectivity index (χ0n) is 16.0. The number of benzene rings is 2. The molecule has 0 atom stereocenters. The number of anilines is 1. The summed E-state index contributed by atoms with van der Waals surface area (Å²) in [4.78, 5) is 23.5. The van der Waals surface area contributed by atoms with Crippen molar-refractivity contribution in [3.05, 3.63) is 60.2 Å². The van der Waals surface area contributed by atoms with Crippen molar-refractivity contribution in [2.24, 2.45) is 0 Å². The van der Waals surface area contributed by atoms with E-state index in [0.29, 0.717) is 30.1 Å². The summed E-state index contributed by atoms with van der Waals surface area (Å²) in [6, 6.07) is 12.9. The maximum absolute atomic E-state index is 12.5. The van der Waals surface area contributed by atoms with Crippen LogP contribution in [0.15, 0.2) is 59.5 Å². The number of rotatable bonds is 6. The minimum atomic E-state index is -3.48. The van der Waals surface area contributed by atoms with Crippen LogP contribution in [-0.4, -0.2) is 37.7 Å². The van der Waals surface area contributed by atoms with Crippen molar-refractivity contribution in [3.63, 3.8) is 0 Å². The molecule has 1 amide bonds. The van der Waals surface area contributed by atoms with Crippen LogP contribution in [0.4, 0.5) is 5.69 Å². The average Bonchev–Trinajstić information content (AvgIpc) is 3.23. The van der Waals surface area contributed by atoms with E-state index in [2.05, 4.69) is 5.32 Å². The Bertz CT molecular complexity index is 1020. The Morgan fingerprint density at radius 3 is 2.34 bits per heavy atom. The molecule has 152 valence electrons. The third-order valence-electron chi connectivity index (χ3n) is 4.41. The third kappa shape index (κ3) is 5.30. The summed E-state index contributed by atoms with van der Waals surface area (Å²) < 4.78 is 31.6. The van der Waals surface area contributed by atoms with Crippen molar-refractivity contribution in [3.8, 4) is 5.75 Å². The Labute approximate surface area is 170 Å². The Morgan fingerprint density at radius 2 is 1.69 bits per heavy atom. The summed E-state index contributed by atoms with van der Waals surface area (Å²) in [6.07, 6.45) is 4.61. The van der Waals surface area contributed by atoms with Crippen molar-refractivity contribution < 1.29 is 22.7 Å². The predicted molar refractivity (Wildman–Crippen MR) is 110 cm³/mol. The highest BCUT2D eigenvalue weighted by molar-refractivity contribution is 7.89. The fourth-order valence-corrected chi connectivity index (χ4v) is 4.52. The lowest BCUT2D eigenvalue weighted by Gasteiger charge is -2.15. The van der Waals surface area contributed by atoms with Crippen LogP contribution in [0.5, 0.6) is 5.75 Å². The van der Waals surface area contributed by atoms with Crippen LogP contribution < -0.4 is 10.1 Å². The first kappa shape index (κ1) is 20.8. The van der Waals surface area contributed by atoms with Crippen LogP contribution >= 0.6 is 0 Å². The molecule has 8 heteroatoms. The Kier molecular flexibility index (Phi) is 6.46. The topological polar surface area (TPSA) is 92.8 Å². The summed E-state index contributed by atoms with van der Waals surface area (Å²) in [6.45, 7) is 2.39. The van der Waals surface area contributed by atoms with Crippen molar-refractivity contribution in [1.82, 2.24) is 4.31 Å². The number of hydrogen-bond donors (Lipinski definition) is 1. The highest BCUT2D eigenvalue weighted by atomic mass is 32.2. The van der Waals surface area contributed by atoms with Gasteiger partial charge in [0.2, 0.25) is 15.9 Å². The lowest BCUT2D eigenvalue weighted by molar-refractivity contribution is -0.131. The SMILES string of the molecule is CC(=O)Oc1ccccc1/C=C/C(=O)Nc1ccc(S(=O)(=O)N2CCCC2)cc1. The van der Waals surface area contributed by atoms with E-state index in [-0.39, 0.29) is 4.90 Å². The van der Waals surface area contributed by atoms with Gasteiger partial charge in [0.05, 0.1) is 4.90 Å². The van der Waals surface area contributed by atoms with Gasteiger partial charge in [0, 0.05) is 37.3 Å². The Hall–Kier alpha value is -2.97. The number of para-hydroxylation sites is 1. The number of hydrogen-bond acceptors (Lipinski definition) is 5. The van der Waals surface area contributed by atoms with Crippen LogP contribution in [0.2, 0.25) is 0 Å². The second-order valence-corrected chi connectivity index (χ2v) is 8.53. The largest absolute Gasteiger partial charge is 0.426 e. The molecule has 0 aliphatic carbocycles. The third-order valence-corrected chi connectivity index (χ3v) is 6.32. The van der Waals surface area contributed by atoms with Crippen LogP contribution in [0.25, 0.3) is 6.08 Å². The second-order valence-electron chi connectivity index (χ2n) is 6.59. The number of nitrogens with zero attached hydrogens (tertiary/aromatic N) is 1. The summed E-state index contributed by atoms with van der Waals surface area (Å²) >= 11 is 0. The summed E-state index contributed by atoms with van der Waals surface area (Å²) in [5, 5.41) is 2.68. The van der Waals surface area contributed by atoms with Crippen LogP contribution in [-0.2, 0) is 19.6 Å². The van der Waals surface area contributed by atoms with Gasteiger partial charge < -0.3 is 10.1 Å². The Morgan fingerprint density at radius 1 is 1.03 bits per heavy atom. The van der Waals surface area contributed by atoms with E-state index in [1.165, 1.54) is 29.4 Å². The van der Waals surface area contributed by atoms with Crippen LogP contribution in [0.1, 0.15) is 25.3 Å². The molecule has 0 spiro atoms. The normalized spacial score (nSPS) is 14.8. The first-order chi connectivity index (χ1) is 13.9. The molecule has 1 heterocycles. The van der Waals surface area contributed by atoms with Gasteiger partial charge in [-0.2, -0.15) is 4.31 Å². The van der Waals surface area contributed by atoms with Crippen LogP contribution in [0, 0.1) is 0 Å². The number of amides is 1. The molecule has 1 aliphatic heterocycles. The van der Waals surface area contributed by atoms with E-state index in [1.807, 2.05) is 0 Å². The smallest absolute Gasteiger partial charge is 0.308 e. The standard InChI is InChI=1S/C21H22N2O5S/c1-16(24)28-20-7-3-2-6-17(20)8-13-21(25)22-18-9-11-19(12-10-18)29(26,27)23-14-4-5-15-23/h2-3,6-13H,4-5,14-15H2,1H3,(H,22,25)/b13-8+. The maximum Gasteiger partial charge on any atom is 0.308 e. The van der Waals surface area contributed by atoms with Gasteiger partial charge in [0.1, 0.15) is 5.75 Å². The molecule has 3 rings (SSSR count). The van der Waals surface area contributed by atoms with E-state index < -0.39 is 21.9 Å². The lowest BCUT2D eigenvalue weighted by atomic mass is 10.2. The Balaban J connectivity index is 1.66. The molecule has 2 aromatic rings. The van der Waals surface area contributed by atoms with Crippen molar-refractivity contribution in [1.29, 1.82) is 0 Å². The van der Waals surface area contributed by atoms with Gasteiger partial charge in [-0.25, -0.2) is 8.42 Å². The predicted octanol–water partition coefficient (Wildman–Crippen LogP) is 3.05. The first-order valence-electron chi connectivity index (χ1n) is 9.23. The average molecular weight is 414 g/mol. The molecule has 29 heavy (non-hydrogen) atoms. The second kappa shape index (κ2) is 9.02. The molecular weight excluding hydrogens is 392 g/mol. The van der Waals surface area contributed by atoms with E-state index in [9.17, 15) is 18.0 Å². The van der Waals surface area contributed by atoms with Gasteiger partial charge in [-0.05, 0) is 49.2 Å². The quantitative estimate of drug-likeness (QED) is 0.446. The highest BCUT2D eigenvalue weighted by Crippen LogP contribution is 2.23. The summed E-state index contributed by atoms with van der Waals surface area (Å²) in [5.74, 6) is -0.474. The molecule has 7 nitrogen and oxygen atoms in total. The zero-order chi connectivity index (χ0) is 20.9. The number of sulfonamides is 1. The lowest BCUT2D eigenvalue weighted by Crippen LogP contribution is -2.27. The van der Waals surface area contributed by atoms with Gasteiger partial charge in [0.25, 0.3) is 0 Å². The maximum atomic E-state index is 12.5. The summed E-state index contributed by atoms with van der Waals surface area (Å²) in [5.41, 5.74) is 1.07. The number of carbonyl (C=O) groups is 2. The molecule has 2 aromatic carbocycles. The number of esters is 1. The molecular formula is C21H22N2O5S. The van der Waals surface area contributed by atoms with Gasteiger partial charge in [-0.15, -0.1) is 0 Å². The molecule has 1 aliphatic rings. The van der Waals surface area contributed by atoms with Gasteiger partial charge in [-0.1, -0.05) is 18.2 Å². The number of nitrogens with one attached hydrogen (secondary N) is 1. The van der Waals surface area contributed by atoms with Gasteiger partial charge >= 0.3 is 5.97 Å². The molecule has 1 fully saturated rings. The van der Waals surface area contributed by atoms with E-state index in [1.54, 1.807) is 42.5 Å². The summed E-state index contributed by atoms with van der Waals surface area (Å²) in [7, 11) is -3.48. The number of carbonyl (C=O) groups excluding carboxylic acids is 2. The van der Waals surface area contributed by atoms with Crippen LogP contribution in [0.3, 0.4) is 0 Å². The minimum Gasteiger partial charge on any atom is -0.426 e. The monoisotopic (exact) mass is 414 g/mol. The fraction of sp³-hybridized carbons (Fsp3) is 0.238. The van der Waals surface area contributed by atoms with Crippen molar-refractivity contribution in [2.75, 3.05) is 18.4 Å². The van der Waals surface area contributed by atoms with Crippen molar-refractivity contribution in [2.45, 2.75) is 24.7 Å². The zero-order valence-corrected chi connectivity index (χ0v) is 16.8. The van der Waals surface area contributed by atoms with E-state index >= 15 is 0 Å². The minimum absolute atomic E-state index is 0.211. The van der Waals surface area contributed by atoms with E-state index in [0.717, 1.165) is 12.8 Å². The number of ether oxygens (including phenoxy) is 1. The highest BCUT2D eigenvalue weighted by Gasteiger charge is 2.26. The van der Waals surface area contributed by atoms with Gasteiger partial charge in [-0.3, -0.25) is 9.59 Å². The molecule has 1 N–H and O–H groups in total. The molecule has 0 radical (unpaired) electrons. The molecule has 0 saturated carbocycles.